The van der Waals surface area contributed by atoms with Gasteiger partial charge in [0.25, 0.3) is 0 Å². The number of aliphatic hydroxyl groups excluding tert-OH is 1. The van der Waals surface area contributed by atoms with E-state index in [1.165, 1.54) is 0 Å². The molecule has 0 saturated carbocycles. The Bertz CT molecular complexity index is 339. The summed E-state index contributed by atoms with van der Waals surface area (Å²) in [4.78, 5) is 2.33. The van der Waals surface area contributed by atoms with Crippen LogP contribution in [-0.2, 0) is 4.74 Å². The van der Waals surface area contributed by atoms with Gasteiger partial charge in [-0.3, -0.25) is 4.90 Å². The minimum absolute atomic E-state index is 0.0468. The van der Waals surface area contributed by atoms with Gasteiger partial charge in [0.1, 0.15) is 0 Å². The number of rotatable bonds is 5. The number of nitrogens with one attached hydrogen (secondary N) is 1. The lowest BCUT2D eigenvalue weighted by molar-refractivity contribution is 0.0212. The smallest absolute Gasteiger partial charge is 0.0955 e. The monoisotopic (exact) mass is 250 g/mol. The second-order valence-corrected chi connectivity index (χ2v) is 4.66. The zero-order valence-corrected chi connectivity index (χ0v) is 10.9. The van der Waals surface area contributed by atoms with Crippen molar-refractivity contribution in [2.45, 2.75) is 12.1 Å². The van der Waals surface area contributed by atoms with E-state index in [1.54, 1.807) is 0 Å². The fourth-order valence-electron chi connectivity index (χ4n) is 2.29. The molecule has 4 heteroatoms. The molecule has 2 rings (SSSR count). The molecule has 2 N–H and O–H groups in total. The topological polar surface area (TPSA) is 44.7 Å². The molecule has 1 heterocycles. The van der Waals surface area contributed by atoms with Gasteiger partial charge >= 0.3 is 0 Å². The molecule has 1 aliphatic heterocycles. The molecule has 18 heavy (non-hydrogen) atoms. The SMILES string of the molecule is CN[C@@H](CN1CCOCC1)[C@@H](O)c1ccccc1. The van der Waals surface area contributed by atoms with Crippen LogP contribution in [-0.4, -0.2) is 55.9 Å². The number of hydrogen-bond acceptors (Lipinski definition) is 4. The number of morpholine rings is 1. The maximum Gasteiger partial charge on any atom is 0.0955 e. The van der Waals surface area contributed by atoms with E-state index in [1.807, 2.05) is 37.4 Å². The molecule has 0 aromatic heterocycles. The Morgan fingerprint density at radius 1 is 1.28 bits per heavy atom. The first-order chi connectivity index (χ1) is 8.81. The largest absolute Gasteiger partial charge is 0.387 e. The average molecular weight is 250 g/mol. The Morgan fingerprint density at radius 3 is 2.56 bits per heavy atom. The Balaban J connectivity index is 1.95. The molecule has 0 amide bonds. The lowest BCUT2D eigenvalue weighted by Gasteiger charge is -2.32. The Kier molecular flexibility index (Phi) is 5.13. The van der Waals surface area contributed by atoms with Crippen LogP contribution < -0.4 is 5.32 Å². The highest BCUT2D eigenvalue weighted by molar-refractivity contribution is 5.19. The first-order valence-electron chi connectivity index (χ1n) is 6.51. The highest BCUT2D eigenvalue weighted by Crippen LogP contribution is 2.17. The van der Waals surface area contributed by atoms with Gasteiger partial charge in [-0.25, -0.2) is 0 Å². The zero-order chi connectivity index (χ0) is 12.8. The quantitative estimate of drug-likeness (QED) is 0.805. The van der Waals surface area contributed by atoms with Gasteiger partial charge in [0, 0.05) is 25.7 Å². The van der Waals surface area contributed by atoms with Crippen molar-refractivity contribution >= 4 is 0 Å². The fraction of sp³-hybridized carbons (Fsp3) is 0.571. The van der Waals surface area contributed by atoms with Gasteiger partial charge in [0.05, 0.1) is 19.3 Å². The zero-order valence-electron chi connectivity index (χ0n) is 10.9. The van der Waals surface area contributed by atoms with Crippen LogP contribution in [0.25, 0.3) is 0 Å². The van der Waals surface area contributed by atoms with Crippen molar-refractivity contribution < 1.29 is 9.84 Å². The molecule has 1 fully saturated rings. The lowest BCUT2D eigenvalue weighted by atomic mass is 10.0. The van der Waals surface area contributed by atoms with E-state index in [4.69, 9.17) is 4.74 Å². The van der Waals surface area contributed by atoms with E-state index >= 15 is 0 Å². The predicted molar refractivity (Wildman–Crippen MR) is 71.5 cm³/mol. The Morgan fingerprint density at radius 2 is 1.94 bits per heavy atom. The van der Waals surface area contributed by atoms with Crippen LogP contribution in [0.3, 0.4) is 0 Å². The maximum absolute atomic E-state index is 10.4. The van der Waals surface area contributed by atoms with Crippen LogP contribution in [0.5, 0.6) is 0 Å². The maximum atomic E-state index is 10.4. The summed E-state index contributed by atoms with van der Waals surface area (Å²) >= 11 is 0. The third-order valence-electron chi connectivity index (χ3n) is 3.45. The number of likely N-dealkylation sites (N-methyl/N-ethyl adjacent to an activating group) is 1. The number of aliphatic hydroxyl groups is 1. The highest BCUT2D eigenvalue weighted by atomic mass is 16.5. The molecule has 4 nitrogen and oxygen atoms in total. The second kappa shape index (κ2) is 6.85. The van der Waals surface area contributed by atoms with Crippen molar-refractivity contribution in [1.29, 1.82) is 0 Å². The van der Waals surface area contributed by atoms with Gasteiger partial charge in [-0.2, -0.15) is 0 Å². The van der Waals surface area contributed by atoms with Crippen molar-refractivity contribution in [1.82, 2.24) is 10.2 Å². The number of benzene rings is 1. The van der Waals surface area contributed by atoms with Crippen LogP contribution in [0.15, 0.2) is 30.3 Å². The molecular formula is C14H22N2O2. The van der Waals surface area contributed by atoms with Crippen molar-refractivity contribution in [2.24, 2.45) is 0 Å². The van der Waals surface area contributed by atoms with E-state index in [9.17, 15) is 5.11 Å². The third-order valence-corrected chi connectivity index (χ3v) is 3.45. The summed E-state index contributed by atoms with van der Waals surface area (Å²) in [6.07, 6.45) is -0.473. The summed E-state index contributed by atoms with van der Waals surface area (Å²) in [5.74, 6) is 0. The first-order valence-corrected chi connectivity index (χ1v) is 6.51. The van der Waals surface area contributed by atoms with E-state index in [0.717, 1.165) is 38.4 Å². The lowest BCUT2D eigenvalue weighted by Crippen LogP contribution is -2.47. The van der Waals surface area contributed by atoms with Crippen LogP contribution in [0.1, 0.15) is 11.7 Å². The van der Waals surface area contributed by atoms with E-state index in [0.29, 0.717) is 0 Å². The van der Waals surface area contributed by atoms with Crippen LogP contribution >= 0.6 is 0 Å². The van der Waals surface area contributed by atoms with Gasteiger partial charge in [0.15, 0.2) is 0 Å². The van der Waals surface area contributed by atoms with Crippen LogP contribution in [0, 0.1) is 0 Å². The molecule has 0 unspecified atom stereocenters. The molecule has 0 aliphatic carbocycles. The molecule has 1 aromatic carbocycles. The predicted octanol–water partition coefficient (Wildman–Crippen LogP) is 0.640. The molecule has 1 aromatic rings. The molecule has 100 valence electrons. The molecule has 0 bridgehead atoms. The summed E-state index contributed by atoms with van der Waals surface area (Å²) in [5.41, 5.74) is 0.963. The van der Waals surface area contributed by atoms with Gasteiger partial charge in [-0.15, -0.1) is 0 Å². The first kappa shape index (κ1) is 13.5. The van der Waals surface area contributed by atoms with Crippen molar-refractivity contribution in [3.05, 3.63) is 35.9 Å². The van der Waals surface area contributed by atoms with Crippen LogP contribution in [0.2, 0.25) is 0 Å². The summed E-state index contributed by atoms with van der Waals surface area (Å²) in [6, 6.07) is 9.86. The molecule has 1 aliphatic rings. The molecule has 2 atom stereocenters. The molecule has 0 spiro atoms. The van der Waals surface area contributed by atoms with Gasteiger partial charge in [-0.1, -0.05) is 30.3 Å². The molecular weight excluding hydrogens is 228 g/mol. The summed E-state index contributed by atoms with van der Waals surface area (Å²) < 4.78 is 5.34. The van der Waals surface area contributed by atoms with Crippen molar-refractivity contribution in [3.63, 3.8) is 0 Å². The van der Waals surface area contributed by atoms with Gasteiger partial charge in [0.2, 0.25) is 0 Å². The average Bonchev–Trinajstić information content (AvgIpc) is 2.46. The standard InChI is InChI=1S/C14H22N2O2/c1-15-13(11-16-7-9-18-10-8-16)14(17)12-5-3-2-4-6-12/h2-6,13-15,17H,7-11H2,1H3/t13-,14-/m0/s1. The Hall–Kier alpha value is -0.940. The van der Waals surface area contributed by atoms with Gasteiger partial charge < -0.3 is 15.2 Å². The summed E-state index contributed by atoms with van der Waals surface area (Å²) in [7, 11) is 1.90. The van der Waals surface area contributed by atoms with Crippen molar-refractivity contribution in [2.75, 3.05) is 39.9 Å². The number of nitrogens with zero attached hydrogens (tertiary/aromatic N) is 1. The molecule has 0 radical (unpaired) electrons. The fourth-order valence-corrected chi connectivity index (χ4v) is 2.29. The highest BCUT2D eigenvalue weighted by Gasteiger charge is 2.22. The number of ether oxygens (including phenoxy) is 1. The minimum atomic E-state index is -0.473. The number of hydrogen-bond donors (Lipinski definition) is 2. The van der Waals surface area contributed by atoms with Crippen LogP contribution in [0.4, 0.5) is 0 Å². The third kappa shape index (κ3) is 3.53. The van der Waals surface area contributed by atoms with E-state index in [2.05, 4.69) is 10.2 Å². The normalized spacial score (nSPS) is 20.6. The summed E-state index contributed by atoms with van der Waals surface area (Å²) in [5, 5.41) is 13.6. The van der Waals surface area contributed by atoms with E-state index in [-0.39, 0.29) is 6.04 Å². The molecule has 1 saturated heterocycles. The van der Waals surface area contributed by atoms with E-state index < -0.39 is 6.10 Å². The van der Waals surface area contributed by atoms with Gasteiger partial charge in [-0.05, 0) is 12.6 Å². The van der Waals surface area contributed by atoms with Crippen molar-refractivity contribution in [3.8, 4) is 0 Å². The minimum Gasteiger partial charge on any atom is -0.387 e. The Labute approximate surface area is 109 Å². The summed E-state index contributed by atoms with van der Waals surface area (Å²) in [6.45, 7) is 4.31. The second-order valence-electron chi connectivity index (χ2n) is 4.66.